The molecule has 1 unspecified atom stereocenters. The molecule has 0 heterocycles. The molecular weight excluding hydrogens is 1890 g/mol. The van der Waals surface area contributed by atoms with Crippen LogP contribution in [0, 0.1) is 5.92 Å². The van der Waals surface area contributed by atoms with E-state index in [1.807, 2.05) is 41.5 Å². The monoisotopic (exact) mass is 2010 g/mol. The molecule has 28 nitrogen and oxygen atoms in total. The molecule has 0 aliphatic heterocycles. The Morgan fingerprint density at radius 2 is 0.431 bits per heavy atom. The topological polar surface area (TPSA) is 562 Å². The van der Waals surface area contributed by atoms with Crippen molar-refractivity contribution >= 4 is 200 Å². The van der Waals surface area contributed by atoms with Crippen molar-refractivity contribution < 1.29 is 139 Å². The summed E-state index contributed by atoms with van der Waals surface area (Å²) in [4.78, 5) is 142. The van der Waals surface area contributed by atoms with Gasteiger partial charge in [0.05, 0.1) is 71.6 Å². The first kappa shape index (κ1) is 130. The van der Waals surface area contributed by atoms with Crippen LogP contribution in [0.15, 0.2) is 69.9 Å². The van der Waals surface area contributed by atoms with Crippen molar-refractivity contribution in [1.82, 2.24) is 0 Å². The van der Waals surface area contributed by atoms with Crippen LogP contribution in [-0.2, 0) is 80.6 Å². The molecule has 0 saturated heterocycles. The van der Waals surface area contributed by atoms with Crippen molar-refractivity contribution in [3.05, 3.63) is 69.9 Å². The van der Waals surface area contributed by atoms with Crippen LogP contribution in [0.4, 0.5) is 0 Å². The fourth-order valence-corrected chi connectivity index (χ4v) is 11.1. The van der Waals surface area contributed by atoms with E-state index in [9.17, 15) is 139 Å². The second-order valence-electron chi connectivity index (χ2n) is 22.5. The normalized spacial score (nSPS) is 10.8. The summed E-state index contributed by atoms with van der Waals surface area (Å²) >= 11 is 10.7. The quantitative estimate of drug-likeness (QED) is 0.0272. The summed E-state index contributed by atoms with van der Waals surface area (Å²) in [7, 11) is 0. The number of aliphatic carboxylic acids is 14. The second-order valence-corrected chi connectivity index (χ2v) is 28.7. The maximum Gasteiger partial charge on any atom is 0.0445 e. The van der Waals surface area contributed by atoms with E-state index < -0.39 is 89.5 Å². The van der Waals surface area contributed by atoms with Crippen LogP contribution in [0.25, 0.3) is 0 Å². The van der Waals surface area contributed by atoms with Gasteiger partial charge in [-0.1, -0.05) is 99.3 Å². The van der Waals surface area contributed by atoms with E-state index >= 15 is 0 Å². The summed E-state index contributed by atoms with van der Waals surface area (Å²) in [5.41, 5.74) is -1.27. The molecule has 109 heavy (non-hydrogen) atoms. The number of carbonyl (C=O) groups is 14. The first-order valence-electron chi connectivity index (χ1n) is 36.1. The molecule has 0 aromatic heterocycles. The van der Waals surface area contributed by atoms with E-state index in [0.717, 1.165) is 57.8 Å². The number of carboxylic acid groups (broad SMARTS) is 14. The molecule has 0 aliphatic rings. The van der Waals surface area contributed by atoms with E-state index in [0.29, 0.717) is 100.0 Å². The molecule has 0 bridgehead atoms. The Morgan fingerprint density at radius 3 is 0.541 bits per heavy atom. The van der Waals surface area contributed by atoms with Crippen molar-refractivity contribution in [2.24, 2.45) is 5.92 Å². The van der Waals surface area contributed by atoms with Gasteiger partial charge in [0.1, 0.15) is 0 Å². The summed E-state index contributed by atoms with van der Waals surface area (Å²) in [5, 5.41) is 142. The molecule has 0 radical (unpaired) electrons. The van der Waals surface area contributed by atoms with Crippen LogP contribution in [0.2, 0.25) is 17.7 Å². The van der Waals surface area contributed by atoms with Crippen molar-refractivity contribution in [1.29, 1.82) is 0 Å². The zero-order valence-corrected chi connectivity index (χ0v) is 78.3. The number of thiol groups is 1. The van der Waals surface area contributed by atoms with Crippen molar-refractivity contribution in [2.75, 3.05) is 5.75 Å². The average molecular weight is 2000 g/mol. The standard InChI is InChI=1S/C11H20O4S.6C8H12O4.4C4H9.S.4Sn/c12-10(13)6-4-2-1-3-5-9(7-8-16)11(14)15;6*1-2-3-4-6(8(11)12)5-7(9)10;4*1-3-4-2;;;;;/h9,16H,1-8H2,(H,12,13)(H,14,15);6*5H,2-4H2,1H3,(H,9,10)(H,11,12);4*1,3-4H2,2H3;;;;;/q;;;;;;;;;;;-2;4*+3/p-14/b;6*6-5-;;;;;;;;;. The van der Waals surface area contributed by atoms with Crippen molar-refractivity contribution in [3.8, 4) is 0 Å². The van der Waals surface area contributed by atoms with Crippen LogP contribution in [0.3, 0.4) is 0 Å². The van der Waals surface area contributed by atoms with Gasteiger partial charge in [-0.2, -0.15) is 12.6 Å². The summed E-state index contributed by atoms with van der Waals surface area (Å²) in [6.45, 7) is 20.2. The van der Waals surface area contributed by atoms with Gasteiger partial charge in [0.2, 0.25) is 0 Å². The molecule has 0 aliphatic carbocycles. The number of carbonyl (C=O) groups excluding carboxylic acids is 14. The van der Waals surface area contributed by atoms with Crippen molar-refractivity contribution in [2.45, 2.75) is 299 Å². The number of unbranched alkanes of at least 4 members (excludes halogenated alkanes) is 13. The van der Waals surface area contributed by atoms with Gasteiger partial charge in [-0.05, 0) is 184 Å². The van der Waals surface area contributed by atoms with Crippen LogP contribution < -0.4 is 71.5 Å². The maximum absolute atomic E-state index is 10.7. The molecule has 1 atom stereocenters. The zero-order valence-electron chi connectivity index (χ0n) is 65.2. The molecule has 0 saturated carbocycles. The molecule has 614 valence electrons. The van der Waals surface area contributed by atoms with Gasteiger partial charge in [0.15, 0.2) is 0 Å². The van der Waals surface area contributed by atoms with E-state index in [4.69, 9.17) is 0 Å². The average Bonchev–Trinajstić information content (AvgIpc) is 1.04. The SMILES string of the molecule is CCCC/C(=C/C(=O)[O-])C(=O)[O-].CCCC/C(=C/C(=O)[O-])C(=O)[O-].CCCC/C(=C/C(=O)[O-])C(=O)[O-].CCCC/C(=C/C(=O)[O-])C(=O)[O-].CCCC/C(=C/C(=O)[O-])C(=O)[O-].CCCC/C(=C/C(=O)[O-])C(=O)[O-].CCC[CH2][Sn+3].CCC[CH2][Sn+3].CCC[CH2][Sn+3].CCC[CH2][Sn+3].O=C([O-])CCCCCCC(CCS)C(=O)[O-].[S-2]. The summed E-state index contributed by atoms with van der Waals surface area (Å²) in [6.07, 6.45) is 28.8. The smallest absolute Gasteiger partial charge is 0.0445 e. The van der Waals surface area contributed by atoms with Crippen LogP contribution >= 0.6 is 12.6 Å². The third kappa shape index (κ3) is 127. The third-order valence-corrected chi connectivity index (χ3v) is 17.0. The van der Waals surface area contributed by atoms with Gasteiger partial charge in [-0.15, -0.1) is 0 Å². The number of hydrogen-bond acceptors (Lipinski definition) is 29. The Labute approximate surface area is 712 Å². The van der Waals surface area contributed by atoms with Gasteiger partial charge in [-0.3, -0.25) is 0 Å². The molecule has 34 heteroatoms. The number of rotatable bonds is 48. The van der Waals surface area contributed by atoms with Gasteiger partial charge in [-0.25, -0.2) is 0 Å². The minimum atomic E-state index is -1.50. The van der Waals surface area contributed by atoms with E-state index in [2.05, 4.69) is 40.3 Å². The Kier molecular flexibility index (Phi) is 123. The fourth-order valence-electron chi connectivity index (χ4n) is 6.71. The maximum atomic E-state index is 10.7. The minimum absolute atomic E-state index is 0. The first-order valence-corrected chi connectivity index (χ1v) is 44.8. The van der Waals surface area contributed by atoms with Gasteiger partial charge < -0.3 is 152 Å². The predicted molar refractivity (Wildman–Crippen MR) is 395 cm³/mol. The van der Waals surface area contributed by atoms with Crippen molar-refractivity contribution in [3.63, 3.8) is 0 Å². The Bertz CT molecular complexity index is 2220. The minimum Gasteiger partial charge on any atom is -2.00 e. The zero-order chi connectivity index (χ0) is 86.2. The molecule has 0 aromatic rings. The molecule has 0 rings (SSSR count). The Hall–Kier alpha value is -5.09. The summed E-state index contributed by atoms with van der Waals surface area (Å²) in [6, 6.07) is 0. The molecule has 0 amide bonds. The summed E-state index contributed by atoms with van der Waals surface area (Å²) in [5.74, 6) is -19.5. The van der Waals surface area contributed by atoms with Gasteiger partial charge >= 0.3 is 187 Å². The molecule has 0 aromatic carbocycles. The van der Waals surface area contributed by atoms with Gasteiger partial charge in [0.25, 0.3) is 0 Å². The largest absolute Gasteiger partial charge is 2.00 e. The first-order chi connectivity index (χ1) is 50.7. The molecular formula is C75H114O28S2Sn4-4. The summed E-state index contributed by atoms with van der Waals surface area (Å²) < 4.78 is 5.74. The van der Waals surface area contributed by atoms with E-state index in [1.54, 1.807) is 90.1 Å². The Balaban J connectivity index is -0.0000000966. The molecule has 0 fully saturated rings. The van der Waals surface area contributed by atoms with Crippen LogP contribution in [0.5, 0.6) is 0 Å². The molecule has 0 N–H and O–H groups in total. The van der Waals surface area contributed by atoms with Crippen LogP contribution in [-0.4, -0.2) is 179 Å². The van der Waals surface area contributed by atoms with E-state index in [1.165, 1.54) is 69.1 Å². The Morgan fingerprint density at radius 1 is 0.257 bits per heavy atom. The fraction of sp³-hybridized carbons (Fsp3) is 0.653. The van der Waals surface area contributed by atoms with E-state index in [-0.39, 0.29) is 91.9 Å². The van der Waals surface area contributed by atoms with Crippen LogP contribution in [0.1, 0.15) is 281 Å². The third-order valence-electron chi connectivity index (χ3n) is 12.7. The number of carboxylic acids is 14. The predicted octanol–water partition coefficient (Wildman–Crippen LogP) is -3.13. The number of hydrogen-bond donors (Lipinski definition) is 1. The second kappa shape index (κ2) is 103. The molecule has 0 spiro atoms. The van der Waals surface area contributed by atoms with Gasteiger partial charge in [0, 0.05) is 11.9 Å².